The Kier molecular flexibility index (Phi) is 3.88. The Morgan fingerprint density at radius 2 is 2.29 bits per heavy atom. The summed E-state index contributed by atoms with van der Waals surface area (Å²) < 4.78 is 18.9. The topological polar surface area (TPSA) is 59.1 Å². The normalized spacial score (nSPS) is 9.86. The van der Waals surface area contributed by atoms with Gasteiger partial charge in [0.15, 0.2) is 11.6 Å². The molecule has 14 heavy (non-hydrogen) atoms. The molecular formula is C9H10BrFN2O. The number of rotatable bonds is 4. The molecule has 0 unspecified atom stereocenters. The van der Waals surface area contributed by atoms with Gasteiger partial charge in [0.1, 0.15) is 0 Å². The minimum Gasteiger partial charge on any atom is -0.490 e. The minimum atomic E-state index is -0.420. The number of ether oxygens (including phenoxy) is 1. The number of nitrogens with two attached hydrogens (primary N) is 1. The lowest BCUT2D eigenvalue weighted by Crippen LogP contribution is -2.14. The van der Waals surface area contributed by atoms with Crippen molar-refractivity contribution in [2.45, 2.75) is 6.42 Å². The molecule has 1 aromatic rings. The number of amidine groups is 1. The molecule has 3 nitrogen and oxygen atoms in total. The Hall–Kier alpha value is -1.10. The molecule has 0 saturated carbocycles. The van der Waals surface area contributed by atoms with Crippen LogP contribution < -0.4 is 10.5 Å². The van der Waals surface area contributed by atoms with Crippen molar-refractivity contribution in [3.05, 3.63) is 28.5 Å². The van der Waals surface area contributed by atoms with Gasteiger partial charge in [-0.25, -0.2) is 4.39 Å². The SMILES string of the molecule is N=C(N)CCOc1cc(Br)ccc1F. The summed E-state index contributed by atoms with van der Waals surface area (Å²) in [5.41, 5.74) is 5.12. The second-order valence-electron chi connectivity index (χ2n) is 2.70. The number of hydrogen-bond acceptors (Lipinski definition) is 2. The molecule has 76 valence electrons. The zero-order valence-corrected chi connectivity index (χ0v) is 8.97. The fourth-order valence-corrected chi connectivity index (χ4v) is 1.20. The zero-order chi connectivity index (χ0) is 10.6. The van der Waals surface area contributed by atoms with E-state index in [2.05, 4.69) is 15.9 Å². The fourth-order valence-electron chi connectivity index (χ4n) is 0.859. The summed E-state index contributed by atoms with van der Waals surface area (Å²) in [6.07, 6.45) is 0.298. The molecule has 0 aliphatic rings. The molecule has 0 heterocycles. The Bertz CT molecular complexity index is 344. The van der Waals surface area contributed by atoms with Gasteiger partial charge in [0, 0.05) is 10.9 Å². The highest BCUT2D eigenvalue weighted by molar-refractivity contribution is 9.10. The standard InChI is InChI=1S/C9H10BrFN2O/c10-6-1-2-7(11)8(5-6)14-4-3-9(12)13/h1-2,5H,3-4H2,(H3,12,13). The molecule has 3 N–H and O–H groups in total. The molecule has 1 aromatic carbocycles. The van der Waals surface area contributed by atoms with E-state index in [1.54, 1.807) is 6.07 Å². The third-order valence-corrected chi connectivity index (χ3v) is 2.02. The second kappa shape index (κ2) is 4.95. The summed E-state index contributed by atoms with van der Waals surface area (Å²) in [5, 5.41) is 6.95. The van der Waals surface area contributed by atoms with Crippen LogP contribution in [0.4, 0.5) is 4.39 Å². The smallest absolute Gasteiger partial charge is 0.165 e. The van der Waals surface area contributed by atoms with Crippen LogP contribution in [0.2, 0.25) is 0 Å². The van der Waals surface area contributed by atoms with E-state index in [-0.39, 0.29) is 18.2 Å². The first-order chi connectivity index (χ1) is 6.59. The molecule has 0 fully saturated rings. The van der Waals surface area contributed by atoms with Crippen LogP contribution >= 0.6 is 15.9 Å². The van der Waals surface area contributed by atoms with Gasteiger partial charge in [-0.05, 0) is 18.2 Å². The highest BCUT2D eigenvalue weighted by Gasteiger charge is 2.03. The number of benzene rings is 1. The van der Waals surface area contributed by atoms with Gasteiger partial charge in [-0.1, -0.05) is 15.9 Å². The van der Waals surface area contributed by atoms with Crippen LogP contribution in [0.5, 0.6) is 5.75 Å². The lowest BCUT2D eigenvalue weighted by Gasteiger charge is -2.06. The first-order valence-corrected chi connectivity index (χ1v) is 4.79. The van der Waals surface area contributed by atoms with Gasteiger partial charge in [-0.2, -0.15) is 0 Å². The van der Waals surface area contributed by atoms with Gasteiger partial charge in [-0.15, -0.1) is 0 Å². The van der Waals surface area contributed by atoms with E-state index >= 15 is 0 Å². The Balaban J connectivity index is 2.57. The van der Waals surface area contributed by atoms with Crippen LogP contribution in [0.25, 0.3) is 0 Å². The molecule has 0 bridgehead atoms. The predicted octanol–water partition coefficient (Wildman–Crippen LogP) is 2.29. The highest BCUT2D eigenvalue weighted by Crippen LogP contribution is 2.22. The van der Waals surface area contributed by atoms with E-state index in [1.165, 1.54) is 12.1 Å². The molecule has 0 radical (unpaired) electrons. The van der Waals surface area contributed by atoms with Crippen molar-refractivity contribution >= 4 is 21.8 Å². The van der Waals surface area contributed by atoms with Crippen LogP contribution in [0.15, 0.2) is 22.7 Å². The summed E-state index contributed by atoms with van der Waals surface area (Å²) in [6.45, 7) is 0.211. The van der Waals surface area contributed by atoms with Crippen molar-refractivity contribution in [1.29, 1.82) is 5.41 Å². The molecule has 0 aromatic heterocycles. The molecule has 0 spiro atoms. The highest BCUT2D eigenvalue weighted by atomic mass is 79.9. The Morgan fingerprint density at radius 3 is 2.93 bits per heavy atom. The van der Waals surface area contributed by atoms with Crippen LogP contribution in [-0.2, 0) is 0 Å². The van der Waals surface area contributed by atoms with Gasteiger partial charge in [-0.3, -0.25) is 5.41 Å². The van der Waals surface area contributed by atoms with Crippen molar-refractivity contribution in [3.63, 3.8) is 0 Å². The van der Waals surface area contributed by atoms with Crippen molar-refractivity contribution in [3.8, 4) is 5.75 Å². The first-order valence-electron chi connectivity index (χ1n) is 4.00. The largest absolute Gasteiger partial charge is 0.490 e. The average Bonchev–Trinajstić information content (AvgIpc) is 2.10. The third-order valence-electron chi connectivity index (χ3n) is 1.52. The fraction of sp³-hybridized carbons (Fsp3) is 0.222. The number of nitrogens with one attached hydrogen (secondary N) is 1. The van der Waals surface area contributed by atoms with E-state index in [9.17, 15) is 4.39 Å². The first kappa shape index (κ1) is 11.0. The second-order valence-corrected chi connectivity index (χ2v) is 3.61. The van der Waals surface area contributed by atoms with Crippen LogP contribution in [0.1, 0.15) is 6.42 Å². The van der Waals surface area contributed by atoms with E-state index in [4.69, 9.17) is 15.9 Å². The van der Waals surface area contributed by atoms with Crippen LogP contribution in [0.3, 0.4) is 0 Å². The van der Waals surface area contributed by atoms with Crippen LogP contribution in [0, 0.1) is 11.2 Å². The van der Waals surface area contributed by atoms with Gasteiger partial charge >= 0.3 is 0 Å². The molecule has 1 rings (SSSR count). The zero-order valence-electron chi connectivity index (χ0n) is 7.39. The lowest BCUT2D eigenvalue weighted by molar-refractivity contribution is 0.311. The maximum atomic E-state index is 13.1. The summed E-state index contributed by atoms with van der Waals surface area (Å²) >= 11 is 3.20. The molecule has 0 saturated heterocycles. The minimum absolute atomic E-state index is 0.0282. The Morgan fingerprint density at radius 1 is 1.57 bits per heavy atom. The average molecular weight is 261 g/mol. The summed E-state index contributed by atoms with van der Waals surface area (Å²) in [6, 6.07) is 4.44. The van der Waals surface area contributed by atoms with Gasteiger partial charge in [0.25, 0.3) is 0 Å². The predicted molar refractivity (Wildman–Crippen MR) is 56.1 cm³/mol. The monoisotopic (exact) mass is 260 g/mol. The van der Waals surface area contributed by atoms with Gasteiger partial charge < -0.3 is 10.5 Å². The van der Waals surface area contributed by atoms with E-state index in [0.29, 0.717) is 6.42 Å². The van der Waals surface area contributed by atoms with E-state index < -0.39 is 5.82 Å². The van der Waals surface area contributed by atoms with Crippen molar-refractivity contribution in [2.24, 2.45) is 5.73 Å². The summed E-state index contributed by atoms with van der Waals surface area (Å²) in [4.78, 5) is 0. The maximum absolute atomic E-state index is 13.1. The van der Waals surface area contributed by atoms with Crippen LogP contribution in [-0.4, -0.2) is 12.4 Å². The molecule has 5 heteroatoms. The summed E-state index contributed by atoms with van der Waals surface area (Å²) in [5.74, 6) is -0.224. The molecule has 0 aliphatic heterocycles. The number of hydrogen-bond donors (Lipinski definition) is 2. The van der Waals surface area contributed by atoms with Gasteiger partial charge in [0.2, 0.25) is 0 Å². The number of halogens is 2. The lowest BCUT2D eigenvalue weighted by atomic mass is 10.3. The maximum Gasteiger partial charge on any atom is 0.165 e. The van der Waals surface area contributed by atoms with Gasteiger partial charge in [0.05, 0.1) is 12.4 Å². The quantitative estimate of drug-likeness (QED) is 0.645. The van der Waals surface area contributed by atoms with Crippen molar-refractivity contribution in [2.75, 3.05) is 6.61 Å². The molecular weight excluding hydrogens is 251 g/mol. The molecule has 0 atom stereocenters. The van der Waals surface area contributed by atoms with Crippen molar-refractivity contribution in [1.82, 2.24) is 0 Å². The van der Waals surface area contributed by atoms with E-state index in [1.807, 2.05) is 0 Å². The molecule has 0 aliphatic carbocycles. The summed E-state index contributed by atoms with van der Waals surface area (Å²) in [7, 11) is 0. The van der Waals surface area contributed by atoms with E-state index in [0.717, 1.165) is 4.47 Å². The molecule has 0 amide bonds. The Labute approximate surface area is 89.7 Å². The van der Waals surface area contributed by atoms with Crippen molar-refractivity contribution < 1.29 is 9.13 Å². The third kappa shape index (κ3) is 3.33.